The van der Waals surface area contributed by atoms with Gasteiger partial charge in [-0.25, -0.2) is 44.3 Å². The molecule has 0 saturated heterocycles. The Kier molecular flexibility index (Phi) is 7.93. The Morgan fingerprint density at radius 1 is 0.974 bits per heavy atom. The number of nitrogens with zero attached hydrogens (tertiary/aromatic N) is 1. The second kappa shape index (κ2) is 10.5. The number of amides is 1. The summed E-state index contributed by atoms with van der Waals surface area (Å²) in [7, 11) is -3.94. The maximum atomic E-state index is 16.1. The zero-order valence-corrected chi connectivity index (χ0v) is 20.0. The number of phenols is 1. The van der Waals surface area contributed by atoms with Gasteiger partial charge in [-0.05, 0) is 36.8 Å². The van der Waals surface area contributed by atoms with Crippen molar-refractivity contribution in [2.45, 2.75) is 31.1 Å². The van der Waals surface area contributed by atoms with E-state index >= 15 is 4.39 Å². The van der Waals surface area contributed by atoms with E-state index in [1.807, 2.05) is 0 Å². The normalized spacial score (nSPS) is 21.7. The minimum atomic E-state index is -4.13. The SMILES string of the molecule is CC1(N[SH](=O)=O)C(F)=C(F)C(F)=C(F)C1(F)CC(=O)N(Cc1ccc(F)cc1)c1ccc(C(=O)O)c(O)c1. The average molecular weight is 564 g/mol. The second-order valence-corrected chi connectivity index (χ2v) is 9.08. The van der Waals surface area contributed by atoms with Gasteiger partial charge in [0.2, 0.25) is 16.8 Å². The monoisotopic (exact) mass is 564 g/mol. The van der Waals surface area contributed by atoms with Gasteiger partial charge in [-0.3, -0.25) is 4.79 Å². The van der Waals surface area contributed by atoms with Gasteiger partial charge in [0.1, 0.15) is 22.7 Å². The lowest BCUT2D eigenvalue weighted by atomic mass is 9.75. The molecule has 3 rings (SSSR count). The number of halogens is 6. The van der Waals surface area contributed by atoms with Crippen LogP contribution in [-0.2, 0) is 22.2 Å². The van der Waals surface area contributed by atoms with E-state index in [4.69, 9.17) is 5.11 Å². The van der Waals surface area contributed by atoms with E-state index in [-0.39, 0.29) is 11.3 Å². The van der Waals surface area contributed by atoms with Gasteiger partial charge in [0.05, 0.1) is 13.0 Å². The van der Waals surface area contributed by atoms with Crippen LogP contribution in [0.5, 0.6) is 5.75 Å². The molecule has 3 N–H and O–H groups in total. The van der Waals surface area contributed by atoms with E-state index < -0.39 is 87.4 Å². The van der Waals surface area contributed by atoms with Crippen molar-refractivity contribution in [3.8, 4) is 5.75 Å². The van der Waals surface area contributed by atoms with Gasteiger partial charge in [-0.1, -0.05) is 12.1 Å². The molecule has 8 nitrogen and oxygen atoms in total. The molecule has 15 heteroatoms. The summed E-state index contributed by atoms with van der Waals surface area (Å²) in [5.41, 5.74) is -8.28. The maximum absolute atomic E-state index is 16.1. The second-order valence-electron chi connectivity index (χ2n) is 8.34. The largest absolute Gasteiger partial charge is 0.507 e. The molecule has 0 aliphatic heterocycles. The van der Waals surface area contributed by atoms with Crippen molar-refractivity contribution in [2.24, 2.45) is 0 Å². The summed E-state index contributed by atoms with van der Waals surface area (Å²) in [6.45, 7) is -0.175. The third kappa shape index (κ3) is 5.11. The Morgan fingerprint density at radius 2 is 1.55 bits per heavy atom. The Bertz CT molecular complexity index is 1440. The number of carboxylic acids is 1. The number of carbonyl (C=O) groups excluding carboxylic acids is 1. The number of carboxylic acid groups (broad SMARTS) is 1. The first kappa shape index (κ1) is 28.7. The first-order valence-corrected chi connectivity index (χ1v) is 11.6. The molecule has 2 unspecified atom stereocenters. The number of aromatic carboxylic acids is 1. The quantitative estimate of drug-likeness (QED) is 0.284. The highest BCUT2D eigenvalue weighted by atomic mass is 32.2. The van der Waals surface area contributed by atoms with Crippen molar-refractivity contribution in [2.75, 3.05) is 4.90 Å². The van der Waals surface area contributed by atoms with E-state index in [0.29, 0.717) is 11.8 Å². The lowest BCUT2D eigenvalue weighted by Crippen LogP contribution is -2.62. The van der Waals surface area contributed by atoms with Crippen LogP contribution < -0.4 is 9.62 Å². The van der Waals surface area contributed by atoms with Crippen LogP contribution in [0.25, 0.3) is 0 Å². The number of allylic oxidation sites excluding steroid dienone is 2. The lowest BCUT2D eigenvalue weighted by molar-refractivity contribution is -0.122. The number of benzene rings is 2. The smallest absolute Gasteiger partial charge is 0.339 e. The molecular weight excluding hydrogens is 546 g/mol. The standard InChI is InChI=1S/C23H18F6N2O6S/c1-22(30-38(36)37)19(27)17(25)18(26)20(28)23(22,29)9-16(33)31(10-11-2-4-12(24)5-3-11)13-6-7-14(21(34)35)15(32)8-13/h2-8,32,38H,9-10H2,1H3,(H,34,35)(H,30,36,37). The van der Waals surface area contributed by atoms with E-state index in [1.54, 1.807) is 0 Å². The molecule has 1 aliphatic rings. The predicted octanol–water partition coefficient (Wildman–Crippen LogP) is 4.05. The van der Waals surface area contributed by atoms with Crippen molar-refractivity contribution in [1.29, 1.82) is 0 Å². The Hall–Kier alpha value is -3.85. The number of hydrogen-bond acceptors (Lipinski definition) is 5. The predicted molar refractivity (Wildman–Crippen MR) is 121 cm³/mol. The van der Waals surface area contributed by atoms with Crippen LogP contribution >= 0.6 is 0 Å². The fourth-order valence-electron chi connectivity index (χ4n) is 3.82. The van der Waals surface area contributed by atoms with E-state index in [0.717, 1.165) is 30.3 Å². The molecular formula is C23H18F6N2O6S. The zero-order valence-electron chi connectivity index (χ0n) is 19.1. The van der Waals surface area contributed by atoms with Crippen molar-refractivity contribution in [3.63, 3.8) is 0 Å². The first-order valence-electron chi connectivity index (χ1n) is 10.5. The van der Waals surface area contributed by atoms with E-state index in [1.165, 1.54) is 16.9 Å². The van der Waals surface area contributed by atoms with Gasteiger partial charge < -0.3 is 15.1 Å². The van der Waals surface area contributed by atoms with Crippen molar-refractivity contribution < 1.29 is 54.6 Å². The van der Waals surface area contributed by atoms with Crippen molar-refractivity contribution >= 4 is 28.5 Å². The highest BCUT2D eigenvalue weighted by Crippen LogP contribution is 2.51. The van der Waals surface area contributed by atoms with Gasteiger partial charge in [-0.2, -0.15) is 0 Å². The molecule has 0 aromatic heterocycles. The van der Waals surface area contributed by atoms with Gasteiger partial charge in [0.15, 0.2) is 29.0 Å². The van der Waals surface area contributed by atoms with Gasteiger partial charge in [0, 0.05) is 11.8 Å². The third-order valence-electron chi connectivity index (χ3n) is 5.95. The van der Waals surface area contributed by atoms with Gasteiger partial charge in [0.25, 0.3) is 0 Å². The topological polar surface area (TPSA) is 124 Å². The fraction of sp³-hybridized carbons (Fsp3) is 0.217. The molecule has 0 bridgehead atoms. The maximum Gasteiger partial charge on any atom is 0.339 e. The molecule has 2 aromatic rings. The van der Waals surface area contributed by atoms with E-state index in [2.05, 4.69) is 0 Å². The fourth-order valence-corrected chi connectivity index (χ4v) is 4.46. The summed E-state index contributed by atoms with van der Waals surface area (Å²) in [6.07, 6.45) is -1.80. The van der Waals surface area contributed by atoms with Gasteiger partial charge in [-0.15, -0.1) is 0 Å². The molecule has 2 atom stereocenters. The number of aromatic hydroxyl groups is 1. The number of rotatable bonds is 8. The molecule has 0 spiro atoms. The summed E-state index contributed by atoms with van der Waals surface area (Å²) < 4.78 is 111. The third-order valence-corrected chi connectivity index (χ3v) is 6.58. The summed E-state index contributed by atoms with van der Waals surface area (Å²) in [6, 6.07) is 7.01. The minimum absolute atomic E-state index is 0.181. The Morgan fingerprint density at radius 3 is 2.08 bits per heavy atom. The zero-order chi connectivity index (χ0) is 28.6. The minimum Gasteiger partial charge on any atom is -0.507 e. The highest BCUT2D eigenvalue weighted by molar-refractivity contribution is 7.70. The number of anilines is 1. The van der Waals surface area contributed by atoms with Crippen LogP contribution in [-0.4, -0.2) is 41.7 Å². The number of nitrogens with one attached hydrogen (secondary N) is 1. The Balaban J connectivity index is 2.13. The molecule has 1 aliphatic carbocycles. The summed E-state index contributed by atoms with van der Waals surface area (Å²) >= 11 is 0. The highest BCUT2D eigenvalue weighted by Gasteiger charge is 2.63. The molecule has 1 amide bonds. The first-order chi connectivity index (χ1) is 17.6. The van der Waals surface area contributed by atoms with Crippen LogP contribution in [0.3, 0.4) is 0 Å². The summed E-state index contributed by atoms with van der Waals surface area (Å²) in [5, 5.41) is 19.2. The molecule has 0 saturated carbocycles. The number of alkyl halides is 1. The van der Waals surface area contributed by atoms with Gasteiger partial charge >= 0.3 is 5.97 Å². The van der Waals surface area contributed by atoms with Crippen LogP contribution in [0.2, 0.25) is 0 Å². The summed E-state index contributed by atoms with van der Waals surface area (Å²) in [5.74, 6) is -14.6. The van der Waals surface area contributed by atoms with Crippen LogP contribution in [0.15, 0.2) is 65.8 Å². The molecule has 204 valence electrons. The molecule has 2 aromatic carbocycles. The van der Waals surface area contributed by atoms with Crippen molar-refractivity contribution in [3.05, 3.63) is 82.7 Å². The van der Waals surface area contributed by atoms with E-state index in [9.17, 15) is 45.1 Å². The number of thiol groups is 1. The molecule has 0 heterocycles. The van der Waals surface area contributed by atoms with Crippen LogP contribution in [0.1, 0.15) is 29.3 Å². The summed E-state index contributed by atoms with van der Waals surface area (Å²) in [4.78, 5) is 25.2. The Labute approximate surface area is 212 Å². The molecule has 38 heavy (non-hydrogen) atoms. The molecule has 0 fully saturated rings. The lowest BCUT2D eigenvalue weighted by Gasteiger charge is -2.42. The van der Waals surface area contributed by atoms with Crippen LogP contribution in [0, 0.1) is 5.82 Å². The average Bonchev–Trinajstić information content (AvgIpc) is 2.84. The molecule has 0 radical (unpaired) electrons. The number of hydrogen-bond donors (Lipinski definition) is 4. The number of carbonyl (C=O) groups is 2. The van der Waals surface area contributed by atoms with Crippen LogP contribution in [0.4, 0.5) is 32.0 Å². The van der Waals surface area contributed by atoms with Crippen molar-refractivity contribution in [1.82, 2.24) is 4.72 Å².